The highest BCUT2D eigenvalue weighted by Crippen LogP contribution is 2.29. The van der Waals surface area contributed by atoms with Gasteiger partial charge in [-0.2, -0.15) is 0 Å². The maximum atomic E-state index is 8.26. The number of aryl methyl sites for hydroxylation is 2. The first-order valence-corrected chi connectivity index (χ1v) is 7.83. The van der Waals surface area contributed by atoms with E-state index in [4.69, 9.17) is 2.74 Å². The minimum Gasteiger partial charge on any atom is -0.256 e. The van der Waals surface area contributed by atoms with E-state index < -0.39 is 0 Å². The van der Waals surface area contributed by atoms with Gasteiger partial charge < -0.3 is 0 Å². The SMILES string of the molecule is [2H]c1nc(-c2cc(C)cc(C)c2)c2ccc(CC(C)C)cc2c1[2H]. The lowest BCUT2D eigenvalue weighted by Gasteiger charge is -2.10. The summed E-state index contributed by atoms with van der Waals surface area (Å²) < 4.78 is 16.4. The van der Waals surface area contributed by atoms with Gasteiger partial charge in [-0.3, -0.25) is 4.98 Å². The predicted octanol–water partition coefficient (Wildman–Crippen LogP) is 5.72. The van der Waals surface area contributed by atoms with Gasteiger partial charge in [-0.25, -0.2) is 0 Å². The predicted molar refractivity (Wildman–Crippen MR) is 95.2 cm³/mol. The van der Waals surface area contributed by atoms with Crippen LogP contribution in [0.25, 0.3) is 22.0 Å². The van der Waals surface area contributed by atoms with E-state index >= 15 is 0 Å². The van der Waals surface area contributed by atoms with Crippen molar-refractivity contribution in [1.82, 2.24) is 4.98 Å². The van der Waals surface area contributed by atoms with E-state index in [0.29, 0.717) is 5.92 Å². The summed E-state index contributed by atoms with van der Waals surface area (Å²) in [5.74, 6) is 0.563. The molecule has 2 aromatic carbocycles. The molecule has 0 unspecified atom stereocenters. The van der Waals surface area contributed by atoms with Crippen LogP contribution in [0.3, 0.4) is 0 Å². The molecule has 0 saturated heterocycles. The molecule has 0 bridgehead atoms. The van der Waals surface area contributed by atoms with Gasteiger partial charge in [0, 0.05) is 17.1 Å². The van der Waals surface area contributed by atoms with Gasteiger partial charge in [-0.1, -0.05) is 49.2 Å². The minimum atomic E-state index is 0.0401. The Balaban J connectivity index is 2.27. The third kappa shape index (κ3) is 3.04. The molecule has 0 N–H and O–H groups in total. The Morgan fingerprint density at radius 1 is 1.05 bits per heavy atom. The summed E-state index contributed by atoms with van der Waals surface area (Å²) >= 11 is 0. The number of rotatable bonds is 3. The standard InChI is InChI=1S/C21H23N/c1-14(2)9-17-5-6-20-18(13-17)7-8-22-21(20)19-11-15(3)10-16(4)12-19/h5-8,10-14H,9H2,1-4H3/i7D,8D. The van der Waals surface area contributed by atoms with Crippen LogP contribution >= 0.6 is 0 Å². The number of aromatic nitrogens is 1. The first-order chi connectivity index (χ1) is 11.3. The summed E-state index contributed by atoms with van der Waals surface area (Å²) in [6.07, 6.45) is 1.02. The Morgan fingerprint density at radius 3 is 2.45 bits per heavy atom. The zero-order chi connectivity index (χ0) is 17.4. The molecule has 1 heterocycles. The summed E-state index contributed by atoms with van der Waals surface area (Å²) in [6.45, 7) is 8.52. The van der Waals surface area contributed by atoms with Crippen molar-refractivity contribution < 1.29 is 2.74 Å². The van der Waals surface area contributed by atoms with Gasteiger partial charge in [0.25, 0.3) is 0 Å². The second-order valence-corrected chi connectivity index (χ2v) is 6.55. The van der Waals surface area contributed by atoms with Crippen molar-refractivity contribution in [2.24, 2.45) is 5.92 Å². The molecule has 1 heteroatoms. The zero-order valence-corrected chi connectivity index (χ0v) is 13.7. The lowest BCUT2D eigenvalue weighted by atomic mass is 9.97. The Labute approximate surface area is 135 Å². The highest BCUT2D eigenvalue weighted by molar-refractivity contribution is 5.95. The average molecular weight is 291 g/mol. The Kier molecular flexibility index (Phi) is 3.34. The van der Waals surface area contributed by atoms with Crippen LogP contribution in [0.4, 0.5) is 0 Å². The van der Waals surface area contributed by atoms with E-state index in [0.717, 1.165) is 28.5 Å². The second kappa shape index (κ2) is 5.92. The maximum absolute atomic E-state index is 8.26. The first kappa shape index (κ1) is 12.4. The summed E-state index contributed by atoms with van der Waals surface area (Å²) in [7, 11) is 0. The molecule has 0 amide bonds. The molecule has 0 atom stereocenters. The number of fused-ring (bicyclic) bond motifs is 1. The fourth-order valence-corrected chi connectivity index (χ4v) is 3.04. The smallest absolute Gasteiger partial charge is 0.0840 e. The molecule has 0 saturated carbocycles. The van der Waals surface area contributed by atoms with Gasteiger partial charge in [-0.15, -0.1) is 0 Å². The molecule has 0 fully saturated rings. The van der Waals surface area contributed by atoms with Gasteiger partial charge in [0.1, 0.15) is 0 Å². The maximum Gasteiger partial charge on any atom is 0.0840 e. The molecule has 3 rings (SSSR count). The van der Waals surface area contributed by atoms with Gasteiger partial charge in [0.15, 0.2) is 0 Å². The van der Waals surface area contributed by atoms with Crippen LogP contribution in [0.5, 0.6) is 0 Å². The third-order valence-electron chi connectivity index (χ3n) is 3.84. The van der Waals surface area contributed by atoms with Crippen molar-refractivity contribution in [3.63, 3.8) is 0 Å². The lowest BCUT2D eigenvalue weighted by Crippen LogP contribution is -1.94. The largest absolute Gasteiger partial charge is 0.256 e. The van der Waals surface area contributed by atoms with Crippen LogP contribution in [0, 0.1) is 19.8 Å². The van der Waals surface area contributed by atoms with E-state index in [9.17, 15) is 0 Å². The quantitative estimate of drug-likeness (QED) is 0.601. The number of benzene rings is 2. The summed E-state index contributed by atoms with van der Waals surface area (Å²) in [5, 5.41) is 1.77. The highest BCUT2D eigenvalue weighted by Gasteiger charge is 2.08. The monoisotopic (exact) mass is 291 g/mol. The number of hydrogen-bond acceptors (Lipinski definition) is 1. The minimum absolute atomic E-state index is 0.0401. The molecule has 0 aliphatic rings. The Bertz CT molecular complexity index is 893. The molecule has 112 valence electrons. The van der Waals surface area contributed by atoms with Gasteiger partial charge in [0.05, 0.1) is 8.44 Å². The fourth-order valence-electron chi connectivity index (χ4n) is 3.04. The fraction of sp³-hybridized carbons (Fsp3) is 0.286. The molecule has 0 aliphatic heterocycles. The van der Waals surface area contributed by atoms with Crippen molar-refractivity contribution >= 4 is 10.8 Å². The van der Waals surface area contributed by atoms with Gasteiger partial charge >= 0.3 is 0 Å². The van der Waals surface area contributed by atoms with Crippen LogP contribution in [-0.4, -0.2) is 4.98 Å². The molecule has 3 aromatic rings. The molecule has 1 nitrogen and oxygen atoms in total. The lowest BCUT2D eigenvalue weighted by molar-refractivity contribution is 0.648. The van der Waals surface area contributed by atoms with E-state index in [1.807, 2.05) is 0 Å². The topological polar surface area (TPSA) is 12.9 Å². The van der Waals surface area contributed by atoms with Crippen LogP contribution < -0.4 is 0 Å². The molecule has 0 spiro atoms. The Hall–Kier alpha value is -2.15. The normalized spacial score (nSPS) is 12.6. The number of hydrogen-bond donors (Lipinski definition) is 0. The molecule has 0 aliphatic carbocycles. The molecular formula is C21H23N. The van der Waals surface area contributed by atoms with Crippen LogP contribution in [-0.2, 0) is 6.42 Å². The van der Waals surface area contributed by atoms with Crippen LogP contribution in [0.2, 0.25) is 0 Å². The van der Waals surface area contributed by atoms with E-state index in [1.165, 1.54) is 16.7 Å². The molecular weight excluding hydrogens is 266 g/mol. The zero-order valence-electron chi connectivity index (χ0n) is 15.7. The Morgan fingerprint density at radius 2 is 1.77 bits per heavy atom. The summed E-state index contributed by atoms with van der Waals surface area (Å²) in [4.78, 5) is 4.42. The number of nitrogens with zero attached hydrogens (tertiary/aromatic N) is 1. The van der Waals surface area contributed by atoms with Crippen molar-refractivity contribution in [2.45, 2.75) is 34.1 Å². The third-order valence-corrected chi connectivity index (χ3v) is 3.84. The van der Waals surface area contributed by atoms with Crippen molar-refractivity contribution in [3.8, 4) is 11.3 Å². The van der Waals surface area contributed by atoms with Gasteiger partial charge in [-0.05, 0) is 55.3 Å². The first-order valence-electron chi connectivity index (χ1n) is 8.83. The van der Waals surface area contributed by atoms with E-state index in [2.05, 4.69) is 69.1 Å². The van der Waals surface area contributed by atoms with Crippen molar-refractivity contribution in [1.29, 1.82) is 0 Å². The van der Waals surface area contributed by atoms with Crippen LogP contribution in [0.1, 0.15) is 33.3 Å². The number of pyridine rings is 1. The average Bonchev–Trinajstić information content (AvgIpc) is 2.49. The molecule has 0 radical (unpaired) electrons. The molecule has 22 heavy (non-hydrogen) atoms. The highest BCUT2D eigenvalue weighted by atomic mass is 14.7. The van der Waals surface area contributed by atoms with E-state index in [1.54, 1.807) is 0 Å². The van der Waals surface area contributed by atoms with Crippen molar-refractivity contribution in [3.05, 3.63) is 65.3 Å². The van der Waals surface area contributed by atoms with Gasteiger partial charge in [0.2, 0.25) is 0 Å². The van der Waals surface area contributed by atoms with E-state index in [-0.39, 0.29) is 12.2 Å². The second-order valence-electron chi connectivity index (χ2n) is 6.55. The van der Waals surface area contributed by atoms with Crippen LogP contribution in [0.15, 0.2) is 48.6 Å². The van der Waals surface area contributed by atoms with Crippen molar-refractivity contribution in [2.75, 3.05) is 0 Å². The summed E-state index contributed by atoms with van der Waals surface area (Å²) in [5.41, 5.74) is 5.38. The molecule has 1 aromatic heterocycles. The summed E-state index contributed by atoms with van der Waals surface area (Å²) in [6, 6.07) is 12.8.